The highest BCUT2D eigenvalue weighted by molar-refractivity contribution is 5.70. The molecule has 352 valence electrons. The Hall–Kier alpha value is -2.85. The fourth-order valence-electron chi connectivity index (χ4n) is 6.26. The van der Waals surface area contributed by atoms with Crippen molar-refractivity contribution in [1.29, 1.82) is 0 Å². The Morgan fingerprint density at radius 1 is 0.533 bits per heavy atom. The topological polar surface area (TPSA) is 82.1 Å². The Balaban J connectivity index is 4.35. The maximum absolute atomic E-state index is 12.6. The zero-order valence-electron chi connectivity index (χ0n) is 35.9. The molecule has 17 heteroatoms. The van der Waals surface area contributed by atoms with Gasteiger partial charge in [-0.2, -0.15) is 39.5 Å². The molecule has 7 nitrogen and oxygen atoms in total. The molecule has 0 aromatic carbocycles. The van der Waals surface area contributed by atoms with Gasteiger partial charge in [0.1, 0.15) is 18.4 Å². The third-order valence-electron chi connectivity index (χ3n) is 10.0. The average molecular weight is 886 g/mol. The molecule has 3 atom stereocenters. The van der Waals surface area contributed by atoms with Crippen molar-refractivity contribution in [3.63, 3.8) is 0 Å². The van der Waals surface area contributed by atoms with E-state index in [4.69, 9.17) is 14.2 Å². The van der Waals surface area contributed by atoms with Crippen LogP contribution in [0.2, 0.25) is 0 Å². The maximum atomic E-state index is 12.6. The summed E-state index contributed by atoms with van der Waals surface area (Å²) in [4.78, 5) is 38.7. The summed E-state index contributed by atoms with van der Waals surface area (Å²) in [7, 11) is 3.87. The van der Waals surface area contributed by atoms with E-state index in [0.29, 0.717) is 44.9 Å². The molecule has 0 radical (unpaired) electrons. The molecule has 0 N–H and O–H groups in total. The molecule has 60 heavy (non-hydrogen) atoms. The van der Waals surface area contributed by atoms with Crippen molar-refractivity contribution in [2.45, 2.75) is 180 Å². The lowest BCUT2D eigenvalue weighted by molar-refractivity contribution is -0.172. The predicted molar refractivity (Wildman–Crippen MR) is 211 cm³/mol. The minimum absolute atomic E-state index is 0.0142. The molecule has 0 rings (SSSR count). The van der Waals surface area contributed by atoms with Crippen molar-refractivity contribution < 1.29 is 72.5 Å². The van der Waals surface area contributed by atoms with Crippen LogP contribution in [0.5, 0.6) is 0 Å². The summed E-state index contributed by atoms with van der Waals surface area (Å²) in [6.45, 7) is 2.95. The van der Waals surface area contributed by atoms with E-state index in [-0.39, 0.29) is 74.9 Å². The second-order valence-corrected chi connectivity index (χ2v) is 16.0. The maximum Gasteiger partial charge on any atom is 0.420 e. The van der Waals surface area contributed by atoms with E-state index in [1.165, 1.54) is 0 Å². The van der Waals surface area contributed by atoms with Crippen LogP contribution in [-0.2, 0) is 28.6 Å². The summed E-state index contributed by atoms with van der Waals surface area (Å²) in [5.74, 6) is -1.17. The van der Waals surface area contributed by atoms with E-state index in [2.05, 4.69) is 0 Å². The van der Waals surface area contributed by atoms with Crippen LogP contribution in [-0.4, -0.2) is 88.0 Å². The molecule has 0 amide bonds. The summed E-state index contributed by atoms with van der Waals surface area (Å²) < 4.78 is 143. The van der Waals surface area contributed by atoms with Gasteiger partial charge in [0.05, 0.1) is 18.8 Å². The van der Waals surface area contributed by atoms with Crippen LogP contribution in [0.15, 0.2) is 23.3 Å². The quantitative estimate of drug-likeness (QED) is 0.0209. The lowest BCUT2D eigenvalue weighted by atomic mass is 10.0. The van der Waals surface area contributed by atoms with Crippen molar-refractivity contribution in [3.8, 4) is 0 Å². The van der Waals surface area contributed by atoms with Gasteiger partial charge in [-0.1, -0.05) is 64.5 Å². The van der Waals surface area contributed by atoms with Gasteiger partial charge in [-0.05, 0) is 116 Å². The normalized spacial score (nSPS) is 14.2. The first-order chi connectivity index (χ1) is 28.1. The first-order valence-electron chi connectivity index (χ1n) is 21.4. The highest BCUT2D eigenvalue weighted by atomic mass is 19.4. The molecule has 0 aliphatic rings. The van der Waals surface area contributed by atoms with Crippen LogP contribution in [0, 0.1) is 11.8 Å². The fourth-order valence-corrected chi connectivity index (χ4v) is 6.26. The highest BCUT2D eigenvalue weighted by Crippen LogP contribution is 2.39. The van der Waals surface area contributed by atoms with Gasteiger partial charge in [-0.15, -0.1) is 0 Å². The molecule has 0 aliphatic heterocycles. The average Bonchev–Trinajstić information content (AvgIpc) is 3.12. The number of halogens is 10. The standard InChI is InChI=1S/C43H69F10NO6/c1-33(18-15-20-35(32-44)41(45,46)47)27-30-58-38(55)24-13-9-5-7-11-21-36(60-40(57)26-17-29-54(3)4)22-12-8-6-10-14-25-39(56)59-31-28-34(2)19-16-23-37(42(48,49)50)43(51,52)53/h20,23,33-34,36H,5-19,21-22,24-32H2,1-4H3. The van der Waals surface area contributed by atoms with Gasteiger partial charge in [0.2, 0.25) is 0 Å². The molecule has 0 bridgehead atoms. The Labute approximate surface area is 350 Å². The van der Waals surface area contributed by atoms with E-state index in [9.17, 15) is 58.3 Å². The van der Waals surface area contributed by atoms with Gasteiger partial charge in [0.25, 0.3) is 0 Å². The summed E-state index contributed by atoms with van der Waals surface area (Å²) in [6, 6.07) is 0. The Kier molecular flexibility index (Phi) is 30.4. The third kappa shape index (κ3) is 31.9. The second-order valence-electron chi connectivity index (χ2n) is 16.0. The Morgan fingerprint density at radius 3 is 1.37 bits per heavy atom. The van der Waals surface area contributed by atoms with E-state index in [0.717, 1.165) is 76.8 Å². The number of rotatable bonds is 34. The minimum Gasteiger partial charge on any atom is -0.466 e. The summed E-state index contributed by atoms with van der Waals surface area (Å²) in [6.07, 6.45) is -2.62. The molecule has 0 aromatic heterocycles. The van der Waals surface area contributed by atoms with Crippen molar-refractivity contribution in [3.05, 3.63) is 23.3 Å². The third-order valence-corrected chi connectivity index (χ3v) is 10.0. The van der Waals surface area contributed by atoms with Gasteiger partial charge >= 0.3 is 36.4 Å². The van der Waals surface area contributed by atoms with E-state index in [1.807, 2.05) is 25.9 Å². The molecule has 0 fully saturated rings. The van der Waals surface area contributed by atoms with Crippen LogP contribution in [0.25, 0.3) is 0 Å². The smallest absolute Gasteiger partial charge is 0.420 e. The molecular formula is C43H69F10NO6. The first-order valence-corrected chi connectivity index (χ1v) is 21.4. The molecular weight excluding hydrogens is 816 g/mol. The first kappa shape index (κ1) is 57.1. The van der Waals surface area contributed by atoms with Crippen LogP contribution in [0.1, 0.15) is 155 Å². The second kappa shape index (κ2) is 31.9. The number of hydrogen-bond acceptors (Lipinski definition) is 7. The van der Waals surface area contributed by atoms with Crippen molar-refractivity contribution in [2.75, 3.05) is 40.5 Å². The van der Waals surface area contributed by atoms with Gasteiger partial charge in [-0.25, -0.2) is 4.39 Å². The van der Waals surface area contributed by atoms with E-state index >= 15 is 0 Å². The number of allylic oxidation sites excluding steroid dienone is 4. The number of hydrogen-bond donors (Lipinski definition) is 0. The largest absolute Gasteiger partial charge is 0.466 e. The Morgan fingerprint density at radius 2 is 0.950 bits per heavy atom. The van der Waals surface area contributed by atoms with Gasteiger partial charge in [0, 0.05) is 19.3 Å². The molecule has 0 aliphatic carbocycles. The number of esters is 3. The number of carbonyl (C=O) groups excluding carboxylic acids is 3. The number of alkyl halides is 10. The SMILES string of the molecule is CC(CCC=C(CF)C(F)(F)F)CCOC(=O)CCCCCCCC(CCCCCCCC(=O)OCCC(C)CCC=C(C(F)(F)F)C(F)(F)F)OC(=O)CCCN(C)C. The Bertz CT molecular complexity index is 1220. The molecule has 3 unspecified atom stereocenters. The summed E-state index contributed by atoms with van der Waals surface area (Å²) in [5, 5.41) is 0. The zero-order valence-corrected chi connectivity index (χ0v) is 35.9. The fraction of sp³-hybridized carbons (Fsp3) is 0.837. The minimum atomic E-state index is -5.47. The molecule has 0 spiro atoms. The highest BCUT2D eigenvalue weighted by Gasteiger charge is 2.50. The molecule has 0 aromatic rings. The predicted octanol–water partition coefficient (Wildman–Crippen LogP) is 12.9. The van der Waals surface area contributed by atoms with Crippen LogP contribution in [0.4, 0.5) is 43.9 Å². The lowest BCUT2D eigenvalue weighted by Crippen LogP contribution is -2.26. The monoisotopic (exact) mass is 885 g/mol. The number of unbranched alkanes of at least 4 members (excludes halogenated alkanes) is 8. The van der Waals surface area contributed by atoms with Gasteiger partial charge in [0.15, 0.2) is 0 Å². The van der Waals surface area contributed by atoms with E-state index in [1.54, 1.807) is 6.92 Å². The number of ether oxygens (including phenoxy) is 3. The van der Waals surface area contributed by atoms with E-state index < -0.39 is 48.7 Å². The van der Waals surface area contributed by atoms with Crippen molar-refractivity contribution >= 4 is 17.9 Å². The molecule has 0 saturated carbocycles. The number of nitrogens with zero attached hydrogens (tertiary/aromatic N) is 1. The van der Waals surface area contributed by atoms with Crippen LogP contribution >= 0.6 is 0 Å². The number of carbonyl (C=O) groups is 3. The van der Waals surface area contributed by atoms with Gasteiger partial charge < -0.3 is 19.1 Å². The molecule has 0 saturated heterocycles. The van der Waals surface area contributed by atoms with Crippen molar-refractivity contribution in [1.82, 2.24) is 4.90 Å². The van der Waals surface area contributed by atoms with Crippen LogP contribution in [0.3, 0.4) is 0 Å². The zero-order chi connectivity index (χ0) is 45.6. The molecule has 0 heterocycles. The van der Waals surface area contributed by atoms with Crippen molar-refractivity contribution in [2.24, 2.45) is 11.8 Å². The van der Waals surface area contributed by atoms with Gasteiger partial charge in [-0.3, -0.25) is 14.4 Å². The lowest BCUT2D eigenvalue weighted by Gasteiger charge is -2.18. The summed E-state index contributed by atoms with van der Waals surface area (Å²) >= 11 is 0. The van der Waals surface area contributed by atoms with Crippen LogP contribution < -0.4 is 0 Å². The summed E-state index contributed by atoms with van der Waals surface area (Å²) in [5.41, 5.74) is -3.69.